The molecule has 6 heterocycles. The van der Waals surface area contributed by atoms with Crippen molar-refractivity contribution in [3.63, 3.8) is 0 Å². The van der Waals surface area contributed by atoms with Crippen LogP contribution in [-0.4, -0.2) is 29.0 Å². The molecule has 0 aliphatic rings. The maximum absolute atomic E-state index is 14.6. The standard InChI is InChI=1S/C27H11F3S4Se2/c1-10-8-31-26(22(10)29)20-4-11-2-13-16(6-18(11)35-20)33-25-14-3-12-5-21(27-23(30)15(28)9-32-27)36-19(12)7-17(14)34-24(13)25/h2-9H,1H3. The fourth-order valence-corrected chi connectivity index (χ4v) is 14.5. The number of aryl methyl sites for hydroxylation is 1. The molecule has 0 N–H and O–H groups in total. The molecule has 0 saturated heterocycles. The third-order valence-corrected chi connectivity index (χ3v) is 16.2. The molecule has 6 aromatic heterocycles. The molecular formula is C27H11F3S4Se2. The van der Waals surface area contributed by atoms with E-state index in [2.05, 4.69) is 30.3 Å². The average Bonchev–Trinajstić information content (AvgIpc) is 3.68. The van der Waals surface area contributed by atoms with Crippen LogP contribution in [0.15, 0.2) is 47.2 Å². The molecule has 0 aliphatic heterocycles. The second-order valence-corrected chi connectivity index (χ2v) is 17.1. The third-order valence-electron chi connectivity index (χ3n) is 6.39. The van der Waals surface area contributed by atoms with E-state index in [1.807, 2.05) is 41.0 Å². The predicted octanol–water partition coefficient (Wildman–Crippen LogP) is 9.87. The second-order valence-electron chi connectivity index (χ2n) is 8.64. The van der Waals surface area contributed by atoms with Crippen LogP contribution < -0.4 is 0 Å². The first-order valence-corrected chi connectivity index (χ1v) is 17.7. The van der Waals surface area contributed by atoms with Crippen molar-refractivity contribution in [2.45, 2.75) is 6.92 Å². The van der Waals surface area contributed by atoms with Gasteiger partial charge >= 0.3 is 232 Å². The van der Waals surface area contributed by atoms with Crippen molar-refractivity contribution in [1.82, 2.24) is 0 Å². The van der Waals surface area contributed by atoms with Gasteiger partial charge in [0.1, 0.15) is 0 Å². The van der Waals surface area contributed by atoms with Crippen LogP contribution in [0.4, 0.5) is 13.2 Å². The van der Waals surface area contributed by atoms with Crippen molar-refractivity contribution in [3.8, 4) is 18.6 Å². The topological polar surface area (TPSA) is 0 Å². The maximum atomic E-state index is 14.6. The molecule has 0 spiro atoms. The van der Waals surface area contributed by atoms with Gasteiger partial charge in [0.2, 0.25) is 0 Å². The fraction of sp³-hybridized carbons (Fsp3) is 0.0370. The Balaban J connectivity index is 1.30. The van der Waals surface area contributed by atoms with Gasteiger partial charge in [-0.3, -0.25) is 0 Å². The molecule has 0 bridgehead atoms. The van der Waals surface area contributed by atoms with Gasteiger partial charge in [-0.2, -0.15) is 0 Å². The van der Waals surface area contributed by atoms with Gasteiger partial charge in [-0.15, -0.1) is 0 Å². The summed E-state index contributed by atoms with van der Waals surface area (Å²) in [7, 11) is 0. The second kappa shape index (κ2) is 7.92. The first-order valence-electron chi connectivity index (χ1n) is 10.9. The molecule has 0 nitrogen and oxygen atoms in total. The van der Waals surface area contributed by atoms with Crippen LogP contribution in [0.1, 0.15) is 5.56 Å². The van der Waals surface area contributed by atoms with Crippen molar-refractivity contribution in [2.75, 3.05) is 0 Å². The number of fused-ring (bicyclic) bond motifs is 7. The van der Waals surface area contributed by atoms with E-state index in [1.54, 1.807) is 0 Å². The summed E-state index contributed by atoms with van der Waals surface area (Å²) in [5.74, 6) is -1.56. The van der Waals surface area contributed by atoms with E-state index in [1.165, 1.54) is 60.2 Å². The van der Waals surface area contributed by atoms with Gasteiger partial charge in [-0.05, 0) is 0 Å². The van der Waals surface area contributed by atoms with Gasteiger partial charge in [-0.1, -0.05) is 0 Å². The van der Waals surface area contributed by atoms with E-state index in [0.717, 1.165) is 36.0 Å². The fourth-order valence-electron chi connectivity index (χ4n) is 4.64. The number of hydrogen-bond acceptors (Lipinski definition) is 4. The Hall–Kier alpha value is -1.67. The molecule has 0 unspecified atom stereocenters. The predicted molar refractivity (Wildman–Crippen MR) is 155 cm³/mol. The van der Waals surface area contributed by atoms with Gasteiger partial charge in [-0.25, -0.2) is 0 Å². The molecule has 0 atom stereocenters. The summed E-state index contributed by atoms with van der Waals surface area (Å²) in [5.41, 5.74) is 0.721. The molecule has 2 aromatic carbocycles. The Morgan fingerprint density at radius 1 is 0.639 bits per heavy atom. The van der Waals surface area contributed by atoms with Gasteiger partial charge in [0.05, 0.1) is 0 Å². The molecule has 176 valence electrons. The van der Waals surface area contributed by atoms with Crippen molar-refractivity contribution in [2.24, 2.45) is 0 Å². The summed E-state index contributed by atoms with van der Waals surface area (Å²) in [4.78, 5) is 1.22. The number of hydrogen-bond donors (Lipinski definition) is 0. The van der Waals surface area contributed by atoms with Crippen molar-refractivity contribution in [3.05, 3.63) is 70.2 Å². The quantitative estimate of drug-likeness (QED) is 0.160. The zero-order chi connectivity index (χ0) is 24.3. The Morgan fingerprint density at radius 2 is 1.17 bits per heavy atom. The SMILES string of the molecule is Cc1csc(-c2cc3cc4c(cc3[se]2)sc2c3cc5cc(-c6scc(F)c6F)[se]c5cc3sc42)c1F. The van der Waals surface area contributed by atoms with Gasteiger partial charge in [0.15, 0.2) is 0 Å². The van der Waals surface area contributed by atoms with Crippen molar-refractivity contribution < 1.29 is 13.2 Å². The number of halogens is 3. The summed E-state index contributed by atoms with van der Waals surface area (Å²) in [6.45, 7) is 1.83. The molecule has 0 aliphatic carbocycles. The van der Waals surface area contributed by atoms with E-state index < -0.39 is 11.6 Å². The Morgan fingerprint density at radius 3 is 1.64 bits per heavy atom. The molecule has 36 heavy (non-hydrogen) atoms. The van der Waals surface area contributed by atoms with Crippen LogP contribution in [0, 0.1) is 24.4 Å². The van der Waals surface area contributed by atoms with Crippen molar-refractivity contribution in [1.29, 1.82) is 0 Å². The molecule has 0 saturated carbocycles. The Labute approximate surface area is 230 Å². The number of rotatable bonds is 2. The summed E-state index contributed by atoms with van der Waals surface area (Å²) >= 11 is 6.33. The van der Waals surface area contributed by atoms with Gasteiger partial charge < -0.3 is 0 Å². The summed E-state index contributed by atoms with van der Waals surface area (Å²) in [6, 6.07) is 13.3. The van der Waals surface area contributed by atoms with Crippen molar-refractivity contribution >= 4 is 123 Å². The molecular weight excluding hydrogens is 667 g/mol. The molecule has 8 rings (SSSR count). The minimum atomic E-state index is -0.762. The van der Waals surface area contributed by atoms with Gasteiger partial charge in [0.25, 0.3) is 0 Å². The minimum absolute atomic E-state index is 0.0410. The third kappa shape index (κ3) is 3.15. The first-order chi connectivity index (χ1) is 17.4. The monoisotopic (exact) mass is 680 g/mol. The van der Waals surface area contributed by atoms with E-state index in [-0.39, 0.29) is 34.8 Å². The van der Waals surface area contributed by atoms with E-state index in [0.29, 0.717) is 4.88 Å². The molecule has 9 heteroatoms. The Kier molecular flexibility index (Phi) is 4.91. The average molecular weight is 679 g/mol. The van der Waals surface area contributed by atoms with E-state index >= 15 is 0 Å². The summed E-state index contributed by atoms with van der Waals surface area (Å²) in [5, 5.41) is 7.98. The van der Waals surface area contributed by atoms with Crippen LogP contribution >= 0.6 is 45.3 Å². The summed E-state index contributed by atoms with van der Waals surface area (Å²) in [6.07, 6.45) is 0. The molecule has 0 fully saturated rings. The Bertz CT molecular complexity index is 2010. The molecule has 8 aromatic rings. The first kappa shape index (κ1) is 22.3. The van der Waals surface area contributed by atoms with Crippen LogP contribution in [0.25, 0.3) is 67.5 Å². The zero-order valence-corrected chi connectivity index (χ0v) is 24.9. The van der Waals surface area contributed by atoms with Crippen LogP contribution in [-0.2, 0) is 0 Å². The van der Waals surface area contributed by atoms with E-state index in [4.69, 9.17) is 0 Å². The summed E-state index contributed by atoms with van der Waals surface area (Å²) < 4.78 is 52.0. The molecule has 0 radical (unpaired) electrons. The normalized spacial score (nSPS) is 12.4. The van der Waals surface area contributed by atoms with Crippen LogP contribution in [0.2, 0.25) is 0 Å². The van der Waals surface area contributed by atoms with E-state index in [9.17, 15) is 13.2 Å². The van der Waals surface area contributed by atoms with Crippen LogP contribution in [0.3, 0.4) is 0 Å². The number of benzene rings is 2. The van der Waals surface area contributed by atoms with Gasteiger partial charge in [0, 0.05) is 0 Å². The van der Waals surface area contributed by atoms with Crippen LogP contribution in [0.5, 0.6) is 0 Å². The zero-order valence-electron chi connectivity index (χ0n) is 18.2. The molecule has 0 amide bonds. The number of thiophene rings is 4.